The second kappa shape index (κ2) is 8.44. The number of hydrogen-bond acceptors (Lipinski definition) is 5. The van der Waals surface area contributed by atoms with Gasteiger partial charge in [0, 0.05) is 28.8 Å². The number of benzene rings is 3. The molecule has 0 saturated carbocycles. The maximum atomic E-state index is 13.3. The third-order valence-electron chi connectivity index (χ3n) is 5.10. The zero-order valence-corrected chi connectivity index (χ0v) is 17.8. The molecule has 3 aromatic carbocycles. The molecule has 0 saturated heterocycles. The first-order valence-corrected chi connectivity index (χ1v) is 9.73. The van der Waals surface area contributed by atoms with Gasteiger partial charge >= 0.3 is 0 Å². The van der Waals surface area contributed by atoms with Crippen LogP contribution in [-0.4, -0.2) is 27.2 Å². The number of carbonyl (C=O) groups excluding carboxylic acids is 1. The van der Waals surface area contributed by atoms with Gasteiger partial charge in [-0.25, -0.2) is 0 Å². The molecule has 0 unspecified atom stereocenters. The SMILES string of the molecule is COc1cc(OC)cc(-c2coc3cc(OC)cc(C(=O)Nc4ccc(C)cc4)c23)c1. The Morgan fingerprint density at radius 2 is 1.45 bits per heavy atom. The molecule has 0 aliphatic heterocycles. The largest absolute Gasteiger partial charge is 0.497 e. The second-order valence-electron chi connectivity index (χ2n) is 7.12. The molecule has 1 heterocycles. The first-order chi connectivity index (χ1) is 15.0. The minimum atomic E-state index is -0.259. The molecule has 4 rings (SSSR count). The van der Waals surface area contributed by atoms with Gasteiger partial charge in [-0.3, -0.25) is 4.79 Å². The number of hydrogen-bond donors (Lipinski definition) is 1. The number of fused-ring (bicyclic) bond motifs is 1. The number of amides is 1. The minimum Gasteiger partial charge on any atom is -0.497 e. The Balaban J connectivity index is 1.86. The van der Waals surface area contributed by atoms with Crippen molar-refractivity contribution in [2.24, 2.45) is 0 Å². The van der Waals surface area contributed by atoms with Crippen LogP contribution >= 0.6 is 0 Å². The van der Waals surface area contributed by atoms with E-state index >= 15 is 0 Å². The highest BCUT2D eigenvalue weighted by Crippen LogP contribution is 2.39. The Kier molecular flexibility index (Phi) is 5.54. The average molecular weight is 417 g/mol. The third-order valence-corrected chi connectivity index (χ3v) is 5.10. The van der Waals surface area contributed by atoms with Gasteiger partial charge in [-0.2, -0.15) is 0 Å². The fraction of sp³-hybridized carbons (Fsp3) is 0.160. The number of ether oxygens (including phenoxy) is 3. The van der Waals surface area contributed by atoms with Crippen LogP contribution in [0.3, 0.4) is 0 Å². The van der Waals surface area contributed by atoms with Crippen LogP contribution in [0.15, 0.2) is 65.3 Å². The Labute approximate surface area is 180 Å². The summed E-state index contributed by atoms with van der Waals surface area (Å²) in [5, 5.41) is 3.64. The lowest BCUT2D eigenvalue weighted by Gasteiger charge is -2.11. The predicted molar refractivity (Wildman–Crippen MR) is 120 cm³/mol. The molecule has 0 atom stereocenters. The van der Waals surface area contributed by atoms with Gasteiger partial charge in [-0.15, -0.1) is 0 Å². The summed E-state index contributed by atoms with van der Waals surface area (Å²) in [4.78, 5) is 13.3. The van der Waals surface area contributed by atoms with Gasteiger partial charge in [-0.1, -0.05) is 17.7 Å². The Morgan fingerprint density at radius 1 is 0.839 bits per heavy atom. The fourth-order valence-electron chi connectivity index (χ4n) is 3.45. The van der Waals surface area contributed by atoms with Crippen LogP contribution in [-0.2, 0) is 0 Å². The highest BCUT2D eigenvalue weighted by molar-refractivity contribution is 6.16. The molecule has 4 aromatic rings. The third kappa shape index (κ3) is 4.05. The topological polar surface area (TPSA) is 69.9 Å². The lowest BCUT2D eigenvalue weighted by atomic mass is 9.99. The van der Waals surface area contributed by atoms with Gasteiger partial charge in [-0.05, 0) is 42.8 Å². The number of methoxy groups -OCH3 is 3. The maximum Gasteiger partial charge on any atom is 0.256 e. The van der Waals surface area contributed by atoms with Gasteiger partial charge in [0.1, 0.15) is 22.8 Å². The molecule has 0 aliphatic carbocycles. The molecular weight excluding hydrogens is 394 g/mol. The molecule has 0 bridgehead atoms. The van der Waals surface area contributed by atoms with Crippen molar-refractivity contribution in [2.45, 2.75) is 6.92 Å². The molecule has 0 spiro atoms. The number of furan rings is 1. The van der Waals surface area contributed by atoms with Crippen LogP contribution in [0.5, 0.6) is 17.2 Å². The number of aryl methyl sites for hydroxylation is 1. The van der Waals surface area contributed by atoms with Crippen molar-refractivity contribution in [2.75, 3.05) is 26.6 Å². The second-order valence-corrected chi connectivity index (χ2v) is 7.12. The first-order valence-electron chi connectivity index (χ1n) is 9.73. The molecule has 0 aliphatic rings. The summed E-state index contributed by atoms with van der Waals surface area (Å²) in [6.07, 6.45) is 1.63. The Hall–Kier alpha value is -3.93. The number of nitrogens with one attached hydrogen (secondary N) is 1. The van der Waals surface area contributed by atoms with Crippen molar-refractivity contribution in [1.82, 2.24) is 0 Å². The van der Waals surface area contributed by atoms with Crippen molar-refractivity contribution in [3.05, 3.63) is 72.0 Å². The summed E-state index contributed by atoms with van der Waals surface area (Å²) < 4.78 is 22.0. The van der Waals surface area contributed by atoms with Gasteiger partial charge in [0.2, 0.25) is 0 Å². The Bertz CT molecular complexity index is 1220. The lowest BCUT2D eigenvalue weighted by Crippen LogP contribution is -2.12. The van der Waals surface area contributed by atoms with Gasteiger partial charge in [0.15, 0.2) is 0 Å². The Morgan fingerprint density at radius 3 is 2.06 bits per heavy atom. The molecule has 6 nitrogen and oxygen atoms in total. The van der Waals surface area contributed by atoms with E-state index in [9.17, 15) is 4.79 Å². The van der Waals surface area contributed by atoms with Crippen LogP contribution in [0, 0.1) is 6.92 Å². The van der Waals surface area contributed by atoms with E-state index in [2.05, 4.69) is 5.32 Å². The minimum absolute atomic E-state index is 0.259. The number of rotatable bonds is 6. The molecule has 6 heteroatoms. The fourth-order valence-corrected chi connectivity index (χ4v) is 3.45. The van der Waals surface area contributed by atoms with E-state index in [-0.39, 0.29) is 5.91 Å². The van der Waals surface area contributed by atoms with E-state index in [0.29, 0.717) is 39.5 Å². The summed E-state index contributed by atoms with van der Waals surface area (Å²) in [6, 6.07) is 16.6. The average Bonchev–Trinajstić information content (AvgIpc) is 3.23. The highest BCUT2D eigenvalue weighted by atomic mass is 16.5. The van der Waals surface area contributed by atoms with E-state index in [0.717, 1.165) is 16.7 Å². The van der Waals surface area contributed by atoms with E-state index in [1.165, 1.54) is 0 Å². The van der Waals surface area contributed by atoms with E-state index < -0.39 is 0 Å². The van der Waals surface area contributed by atoms with Crippen LogP contribution in [0.4, 0.5) is 5.69 Å². The van der Waals surface area contributed by atoms with Crippen LogP contribution < -0.4 is 19.5 Å². The van der Waals surface area contributed by atoms with Crippen molar-refractivity contribution in [3.8, 4) is 28.4 Å². The quantitative estimate of drug-likeness (QED) is 0.437. The van der Waals surface area contributed by atoms with Crippen LogP contribution in [0.25, 0.3) is 22.1 Å². The molecule has 1 aromatic heterocycles. The zero-order valence-electron chi connectivity index (χ0n) is 17.8. The van der Waals surface area contributed by atoms with Crippen molar-refractivity contribution in [1.29, 1.82) is 0 Å². The lowest BCUT2D eigenvalue weighted by molar-refractivity contribution is 0.102. The summed E-state index contributed by atoms with van der Waals surface area (Å²) in [6.45, 7) is 2.00. The van der Waals surface area contributed by atoms with Crippen LogP contribution in [0.2, 0.25) is 0 Å². The summed E-state index contributed by atoms with van der Waals surface area (Å²) in [5.74, 6) is 1.56. The zero-order chi connectivity index (χ0) is 22.0. The normalized spacial score (nSPS) is 10.7. The van der Waals surface area contributed by atoms with Gasteiger partial charge < -0.3 is 23.9 Å². The van der Waals surface area contributed by atoms with Crippen molar-refractivity contribution >= 4 is 22.6 Å². The predicted octanol–water partition coefficient (Wildman–Crippen LogP) is 5.69. The first kappa shape index (κ1) is 20.3. The van der Waals surface area contributed by atoms with E-state index in [4.69, 9.17) is 18.6 Å². The van der Waals surface area contributed by atoms with Crippen molar-refractivity contribution < 1.29 is 23.4 Å². The molecule has 158 valence electrons. The maximum absolute atomic E-state index is 13.3. The monoisotopic (exact) mass is 417 g/mol. The smallest absolute Gasteiger partial charge is 0.256 e. The molecular formula is C25H23NO5. The van der Waals surface area contributed by atoms with Crippen LogP contribution in [0.1, 0.15) is 15.9 Å². The molecule has 31 heavy (non-hydrogen) atoms. The standard InChI is InChI=1S/C25H23NO5/c1-15-5-7-17(8-6-15)26-25(27)21-12-20(30-4)13-23-24(21)22(14-31-23)16-9-18(28-2)11-19(10-16)29-3/h5-14H,1-4H3,(H,26,27). The molecule has 0 fully saturated rings. The molecule has 0 radical (unpaired) electrons. The molecule has 1 N–H and O–H groups in total. The van der Waals surface area contributed by atoms with Gasteiger partial charge in [0.05, 0.1) is 33.2 Å². The highest BCUT2D eigenvalue weighted by Gasteiger charge is 2.20. The van der Waals surface area contributed by atoms with Gasteiger partial charge in [0.25, 0.3) is 5.91 Å². The molecule has 1 amide bonds. The summed E-state index contributed by atoms with van der Waals surface area (Å²) in [7, 11) is 4.74. The van der Waals surface area contributed by atoms with Crippen molar-refractivity contribution in [3.63, 3.8) is 0 Å². The van der Waals surface area contributed by atoms with E-state index in [1.54, 1.807) is 45.8 Å². The number of carbonyl (C=O) groups is 1. The number of anilines is 1. The summed E-state index contributed by atoms with van der Waals surface area (Å²) >= 11 is 0. The summed E-state index contributed by atoms with van der Waals surface area (Å²) in [5.41, 5.74) is 4.38. The van der Waals surface area contributed by atoms with E-state index in [1.807, 2.05) is 43.3 Å².